The van der Waals surface area contributed by atoms with Gasteiger partial charge in [-0.25, -0.2) is 0 Å². The number of fused-ring (bicyclic) bond motifs is 1. The largest absolute Gasteiger partial charge is 0.432 e. The van der Waals surface area contributed by atoms with E-state index in [2.05, 4.69) is 19.1 Å². The predicted octanol–water partition coefficient (Wildman–Crippen LogP) is 4.01. The lowest BCUT2D eigenvalue weighted by molar-refractivity contribution is 0.286. The topological polar surface area (TPSA) is 18.5 Å². The van der Waals surface area contributed by atoms with Gasteiger partial charge in [-0.3, -0.25) is 0 Å². The van der Waals surface area contributed by atoms with Gasteiger partial charge in [0.15, 0.2) is 0 Å². The Morgan fingerprint density at radius 3 is 3.07 bits per heavy atom. The Morgan fingerprint density at radius 1 is 1.53 bits per heavy atom. The van der Waals surface area contributed by atoms with Crippen LogP contribution < -0.4 is 4.52 Å². The highest BCUT2D eigenvalue weighted by Gasteiger charge is 2.24. The van der Waals surface area contributed by atoms with Crippen LogP contribution in [0.25, 0.3) is 0 Å². The molecule has 1 heterocycles. The van der Waals surface area contributed by atoms with Crippen LogP contribution in [0.5, 0.6) is 5.75 Å². The third-order valence-corrected chi connectivity index (χ3v) is 4.14. The molecule has 0 saturated carbocycles. The Labute approximate surface area is 99.5 Å². The molecule has 1 aliphatic heterocycles. The van der Waals surface area contributed by atoms with Crippen LogP contribution in [0.1, 0.15) is 24.5 Å². The number of halogens is 1. The van der Waals surface area contributed by atoms with Crippen molar-refractivity contribution in [3.8, 4) is 5.75 Å². The molecule has 2 rings (SSSR count). The van der Waals surface area contributed by atoms with E-state index in [4.69, 9.17) is 32.1 Å². The third-order valence-electron chi connectivity index (χ3n) is 2.25. The van der Waals surface area contributed by atoms with Gasteiger partial charge in [-0.1, -0.05) is 19.4 Å². The number of rotatable bonds is 2. The zero-order chi connectivity index (χ0) is 10.9. The first kappa shape index (κ1) is 11.4. The van der Waals surface area contributed by atoms with Crippen molar-refractivity contribution in [1.82, 2.24) is 0 Å². The second kappa shape index (κ2) is 4.42. The lowest BCUT2D eigenvalue weighted by atomic mass is 10.1. The standard InChI is InChI=1S/C10H12ClO2PS/c1-2-3-8-4-5-10-9(6-8)7-12-14(11,15)13-10/h4-6H,2-3,7H2,1H3. The second-order valence-corrected chi connectivity index (χ2v) is 8.17. The highest BCUT2D eigenvalue weighted by molar-refractivity contribution is 8.22. The van der Waals surface area contributed by atoms with Crippen LogP contribution in [0.3, 0.4) is 0 Å². The molecule has 0 aromatic heterocycles. The van der Waals surface area contributed by atoms with Gasteiger partial charge >= 0.3 is 5.84 Å². The molecule has 15 heavy (non-hydrogen) atoms. The van der Waals surface area contributed by atoms with Crippen molar-refractivity contribution in [1.29, 1.82) is 0 Å². The molecular formula is C10H12ClO2PS. The fraction of sp³-hybridized carbons (Fsp3) is 0.400. The van der Waals surface area contributed by atoms with Crippen molar-refractivity contribution in [2.45, 2.75) is 26.4 Å². The Bertz CT molecular complexity index is 422. The second-order valence-electron chi connectivity index (χ2n) is 3.49. The van der Waals surface area contributed by atoms with Crippen molar-refractivity contribution in [3.05, 3.63) is 29.3 Å². The van der Waals surface area contributed by atoms with Gasteiger partial charge < -0.3 is 9.05 Å². The minimum absolute atomic E-state index is 0.466. The molecule has 0 amide bonds. The maximum absolute atomic E-state index is 5.88. The minimum Gasteiger partial charge on any atom is -0.432 e. The normalized spacial score (nSPS) is 24.4. The predicted molar refractivity (Wildman–Crippen MR) is 66.0 cm³/mol. The van der Waals surface area contributed by atoms with E-state index in [9.17, 15) is 0 Å². The Balaban J connectivity index is 2.28. The molecule has 82 valence electrons. The summed E-state index contributed by atoms with van der Waals surface area (Å²) in [6, 6.07) is 6.09. The number of hydrogen-bond donors (Lipinski definition) is 0. The molecule has 0 spiro atoms. The Morgan fingerprint density at radius 2 is 2.33 bits per heavy atom. The molecule has 5 heteroatoms. The molecule has 0 bridgehead atoms. The summed E-state index contributed by atoms with van der Waals surface area (Å²) in [5, 5.41) is 0. The summed E-state index contributed by atoms with van der Waals surface area (Å²) in [6.45, 7) is 2.62. The molecule has 1 atom stereocenters. The quantitative estimate of drug-likeness (QED) is 0.750. The first-order valence-corrected chi connectivity index (χ1v) is 8.40. The Hall–Kier alpha value is -0.0800. The van der Waals surface area contributed by atoms with E-state index in [-0.39, 0.29) is 0 Å². The van der Waals surface area contributed by atoms with Crippen LogP contribution in [0, 0.1) is 0 Å². The number of aryl methyl sites for hydroxylation is 1. The molecule has 0 aliphatic carbocycles. The van der Waals surface area contributed by atoms with Crippen molar-refractivity contribution in [2.24, 2.45) is 0 Å². The van der Waals surface area contributed by atoms with Gasteiger partial charge in [0.25, 0.3) is 0 Å². The summed E-state index contributed by atoms with van der Waals surface area (Å²) in [6.07, 6.45) is 2.20. The molecule has 1 aromatic rings. The monoisotopic (exact) mass is 262 g/mol. The summed E-state index contributed by atoms with van der Waals surface area (Å²) in [5.41, 5.74) is 2.34. The zero-order valence-electron chi connectivity index (χ0n) is 8.40. The van der Waals surface area contributed by atoms with Crippen molar-refractivity contribution < 1.29 is 9.05 Å². The molecule has 2 nitrogen and oxygen atoms in total. The van der Waals surface area contributed by atoms with E-state index in [0.717, 1.165) is 24.2 Å². The lowest BCUT2D eigenvalue weighted by Crippen LogP contribution is -2.04. The minimum atomic E-state index is -2.54. The van der Waals surface area contributed by atoms with Gasteiger partial charge in [-0.15, -0.1) is 0 Å². The van der Waals surface area contributed by atoms with Gasteiger partial charge in [0.05, 0.1) is 6.61 Å². The molecule has 0 radical (unpaired) electrons. The Kier molecular flexibility index (Phi) is 3.36. The summed E-state index contributed by atoms with van der Waals surface area (Å²) >= 11 is 10.9. The summed E-state index contributed by atoms with van der Waals surface area (Å²) in [4.78, 5) is 0. The smallest absolute Gasteiger partial charge is 0.333 e. The average Bonchev–Trinajstić information content (AvgIpc) is 2.18. The summed E-state index contributed by atoms with van der Waals surface area (Å²) < 4.78 is 10.7. The van der Waals surface area contributed by atoms with E-state index in [1.54, 1.807) is 0 Å². The fourth-order valence-electron chi connectivity index (χ4n) is 1.57. The van der Waals surface area contributed by atoms with E-state index in [1.807, 2.05) is 6.07 Å². The molecule has 1 aliphatic rings. The average molecular weight is 263 g/mol. The molecule has 1 aromatic carbocycles. The first-order valence-electron chi connectivity index (χ1n) is 4.86. The summed E-state index contributed by atoms with van der Waals surface area (Å²) in [7, 11) is 0. The lowest BCUT2D eigenvalue weighted by Gasteiger charge is -2.24. The van der Waals surface area contributed by atoms with E-state index >= 15 is 0 Å². The van der Waals surface area contributed by atoms with Crippen molar-refractivity contribution in [2.75, 3.05) is 0 Å². The van der Waals surface area contributed by atoms with Gasteiger partial charge in [0.2, 0.25) is 0 Å². The molecule has 0 saturated heterocycles. The highest BCUT2D eigenvalue weighted by Crippen LogP contribution is 2.57. The van der Waals surface area contributed by atoms with Gasteiger partial charge in [-0.2, -0.15) is 0 Å². The maximum atomic E-state index is 5.88. The van der Waals surface area contributed by atoms with Crippen molar-refractivity contribution in [3.63, 3.8) is 0 Å². The van der Waals surface area contributed by atoms with Crippen LogP contribution in [-0.2, 0) is 29.4 Å². The molecule has 0 fully saturated rings. The van der Waals surface area contributed by atoms with Crippen LogP contribution in [0.2, 0.25) is 0 Å². The third kappa shape index (κ3) is 2.73. The van der Waals surface area contributed by atoms with Crippen LogP contribution >= 0.6 is 17.1 Å². The molecule has 1 unspecified atom stereocenters. The fourth-order valence-corrected chi connectivity index (χ4v) is 3.10. The highest BCUT2D eigenvalue weighted by atomic mass is 35.7. The SMILES string of the molecule is CCCc1ccc2c(c1)COP(=S)(Cl)O2. The number of hydrogen-bond acceptors (Lipinski definition) is 3. The van der Waals surface area contributed by atoms with Crippen LogP contribution in [-0.4, -0.2) is 0 Å². The van der Waals surface area contributed by atoms with Gasteiger partial charge in [0, 0.05) is 5.56 Å². The first-order chi connectivity index (χ1) is 7.11. The van der Waals surface area contributed by atoms with E-state index in [1.165, 1.54) is 5.56 Å². The summed E-state index contributed by atoms with van der Waals surface area (Å²) in [5.74, 6) is -1.77. The maximum Gasteiger partial charge on any atom is 0.333 e. The van der Waals surface area contributed by atoms with Crippen LogP contribution in [0.15, 0.2) is 18.2 Å². The van der Waals surface area contributed by atoms with Crippen LogP contribution in [0.4, 0.5) is 0 Å². The van der Waals surface area contributed by atoms with Crippen molar-refractivity contribution >= 4 is 28.9 Å². The van der Waals surface area contributed by atoms with E-state index < -0.39 is 5.84 Å². The molecular weight excluding hydrogens is 251 g/mol. The zero-order valence-corrected chi connectivity index (χ0v) is 10.9. The molecule has 0 N–H and O–H groups in total. The number of benzene rings is 1. The van der Waals surface area contributed by atoms with Gasteiger partial charge in [0.1, 0.15) is 5.75 Å². The van der Waals surface area contributed by atoms with E-state index in [0.29, 0.717) is 6.61 Å². The van der Waals surface area contributed by atoms with Gasteiger partial charge in [-0.05, 0) is 47.2 Å².